The minimum absolute atomic E-state index is 0.456. The largest absolute Gasteiger partial charge is 0.369 e. The number of piperidine rings is 1. The third-order valence-electron chi connectivity index (χ3n) is 8.16. The summed E-state index contributed by atoms with van der Waals surface area (Å²) in [6.07, 6.45) is 9.44. The molecule has 188 valence electrons. The summed E-state index contributed by atoms with van der Waals surface area (Å²) >= 11 is 0. The van der Waals surface area contributed by atoms with Gasteiger partial charge in [0.05, 0.1) is 40.6 Å². The van der Waals surface area contributed by atoms with Crippen molar-refractivity contribution in [3.63, 3.8) is 0 Å². The van der Waals surface area contributed by atoms with Crippen LogP contribution in [0, 0.1) is 0 Å². The molecule has 0 amide bonds. The second-order valence-corrected chi connectivity index (χ2v) is 10.6. The van der Waals surface area contributed by atoms with Gasteiger partial charge in [-0.15, -0.1) is 0 Å². The van der Waals surface area contributed by atoms with Crippen LogP contribution >= 0.6 is 0 Å². The average Bonchev–Trinajstić information content (AvgIpc) is 3.57. The van der Waals surface area contributed by atoms with E-state index in [9.17, 15) is 0 Å². The van der Waals surface area contributed by atoms with Crippen molar-refractivity contribution in [2.75, 3.05) is 51.2 Å². The molecule has 2 saturated heterocycles. The Labute approximate surface area is 217 Å². The molecule has 3 aliphatic rings. The molecule has 0 radical (unpaired) electrons. The molecule has 37 heavy (non-hydrogen) atoms. The number of benzene rings is 2. The van der Waals surface area contributed by atoms with Gasteiger partial charge in [0, 0.05) is 62.0 Å². The molecule has 1 atom stereocenters. The zero-order valence-corrected chi connectivity index (χ0v) is 21.4. The zero-order chi connectivity index (χ0) is 24.8. The number of hydrogen-bond donors (Lipinski definition) is 1. The summed E-state index contributed by atoms with van der Waals surface area (Å²) in [6, 6.07) is 15.8. The summed E-state index contributed by atoms with van der Waals surface area (Å²) in [4.78, 5) is 19.6. The van der Waals surface area contributed by atoms with Crippen LogP contribution < -0.4 is 10.2 Å². The van der Waals surface area contributed by atoms with E-state index in [0.29, 0.717) is 6.04 Å². The van der Waals surface area contributed by atoms with Crippen LogP contribution in [0.1, 0.15) is 35.8 Å². The third kappa shape index (κ3) is 4.22. The van der Waals surface area contributed by atoms with Crippen molar-refractivity contribution >= 4 is 22.3 Å². The normalized spacial score (nSPS) is 20.3. The molecular weight excluding hydrogens is 458 g/mol. The van der Waals surface area contributed by atoms with E-state index in [1.165, 1.54) is 35.2 Å². The standard InChI is InChI=1S/C30H33N7/c1-35-12-14-36(15-13-35)23-5-2-4-22(16-23)28-19-32-27-10-8-25(30(27)34-28)21-7-9-26-29(17-21)37(20-33-26)24-6-3-11-31-18-24/h2,4-5,7-9,16-17,19-20,24,31H,3,6,10-15,18H2,1H3. The van der Waals surface area contributed by atoms with Gasteiger partial charge in [-0.25, -0.2) is 9.97 Å². The topological polar surface area (TPSA) is 62.1 Å². The van der Waals surface area contributed by atoms with Crippen molar-refractivity contribution in [3.8, 4) is 11.3 Å². The van der Waals surface area contributed by atoms with Crippen LogP contribution in [-0.2, 0) is 6.42 Å². The highest BCUT2D eigenvalue weighted by Gasteiger charge is 2.22. The summed E-state index contributed by atoms with van der Waals surface area (Å²) in [5.74, 6) is 0. The van der Waals surface area contributed by atoms with Crippen molar-refractivity contribution in [3.05, 3.63) is 78.0 Å². The van der Waals surface area contributed by atoms with Gasteiger partial charge in [0.25, 0.3) is 0 Å². The van der Waals surface area contributed by atoms with Crippen LogP contribution in [0.5, 0.6) is 0 Å². The van der Waals surface area contributed by atoms with Crippen molar-refractivity contribution in [2.45, 2.75) is 25.3 Å². The van der Waals surface area contributed by atoms with Crippen LogP contribution in [0.3, 0.4) is 0 Å². The van der Waals surface area contributed by atoms with E-state index in [0.717, 1.165) is 73.9 Å². The van der Waals surface area contributed by atoms with Gasteiger partial charge < -0.3 is 19.7 Å². The summed E-state index contributed by atoms with van der Waals surface area (Å²) in [6.45, 7) is 6.41. The van der Waals surface area contributed by atoms with E-state index >= 15 is 0 Å². The molecule has 1 N–H and O–H groups in total. The van der Waals surface area contributed by atoms with Gasteiger partial charge in [-0.05, 0) is 56.3 Å². The fourth-order valence-electron chi connectivity index (χ4n) is 5.95. The predicted molar refractivity (Wildman–Crippen MR) is 149 cm³/mol. The molecule has 7 rings (SSSR count). The fraction of sp³-hybridized carbons (Fsp3) is 0.367. The van der Waals surface area contributed by atoms with E-state index in [2.05, 4.69) is 75.3 Å². The van der Waals surface area contributed by atoms with E-state index in [1.54, 1.807) is 0 Å². The van der Waals surface area contributed by atoms with Gasteiger partial charge in [-0.1, -0.05) is 24.3 Å². The lowest BCUT2D eigenvalue weighted by molar-refractivity contribution is 0.313. The minimum Gasteiger partial charge on any atom is -0.369 e. The molecule has 2 aliphatic heterocycles. The number of piperazine rings is 1. The smallest absolute Gasteiger partial charge is 0.0961 e. The number of fused-ring (bicyclic) bond motifs is 2. The molecule has 0 saturated carbocycles. The number of nitrogens with zero attached hydrogens (tertiary/aromatic N) is 6. The molecule has 7 heteroatoms. The molecule has 2 aromatic carbocycles. The van der Waals surface area contributed by atoms with Gasteiger partial charge in [0.1, 0.15) is 0 Å². The van der Waals surface area contributed by atoms with E-state index in [1.807, 2.05) is 12.5 Å². The number of nitrogens with one attached hydrogen (secondary N) is 1. The van der Waals surface area contributed by atoms with Crippen LogP contribution in [0.2, 0.25) is 0 Å². The highest BCUT2D eigenvalue weighted by atomic mass is 15.2. The number of imidazole rings is 1. The zero-order valence-electron chi connectivity index (χ0n) is 21.4. The Morgan fingerprint density at radius 1 is 0.973 bits per heavy atom. The number of rotatable bonds is 4. The Hall–Kier alpha value is -3.55. The maximum absolute atomic E-state index is 5.17. The molecule has 0 bridgehead atoms. The van der Waals surface area contributed by atoms with Gasteiger partial charge in [0.15, 0.2) is 0 Å². The molecule has 1 unspecified atom stereocenters. The van der Waals surface area contributed by atoms with Crippen molar-refractivity contribution in [1.29, 1.82) is 0 Å². The molecule has 7 nitrogen and oxygen atoms in total. The Morgan fingerprint density at radius 2 is 1.89 bits per heavy atom. The molecule has 2 aromatic heterocycles. The second-order valence-electron chi connectivity index (χ2n) is 10.6. The number of hydrogen-bond acceptors (Lipinski definition) is 6. The summed E-state index contributed by atoms with van der Waals surface area (Å²) < 4.78 is 2.35. The number of anilines is 1. The molecule has 4 aromatic rings. The molecular formula is C30H33N7. The first-order valence-corrected chi connectivity index (χ1v) is 13.5. The minimum atomic E-state index is 0.456. The second kappa shape index (κ2) is 9.39. The highest BCUT2D eigenvalue weighted by molar-refractivity contribution is 5.88. The first-order valence-electron chi connectivity index (χ1n) is 13.5. The van der Waals surface area contributed by atoms with Gasteiger partial charge in [0.2, 0.25) is 0 Å². The van der Waals surface area contributed by atoms with Crippen LogP contribution in [-0.4, -0.2) is 70.7 Å². The lowest BCUT2D eigenvalue weighted by Gasteiger charge is -2.34. The van der Waals surface area contributed by atoms with Crippen LogP contribution in [0.4, 0.5) is 5.69 Å². The Morgan fingerprint density at radius 3 is 2.76 bits per heavy atom. The fourth-order valence-corrected chi connectivity index (χ4v) is 5.95. The van der Waals surface area contributed by atoms with Crippen LogP contribution in [0.15, 0.2) is 61.1 Å². The Kier molecular flexibility index (Phi) is 5.75. The van der Waals surface area contributed by atoms with Crippen molar-refractivity contribution in [2.24, 2.45) is 0 Å². The molecule has 4 heterocycles. The summed E-state index contributed by atoms with van der Waals surface area (Å²) in [7, 11) is 2.19. The number of allylic oxidation sites excluding steroid dienone is 1. The first-order chi connectivity index (χ1) is 18.2. The van der Waals surface area contributed by atoms with Gasteiger partial charge in [-0.3, -0.25) is 4.98 Å². The van der Waals surface area contributed by atoms with Gasteiger partial charge in [-0.2, -0.15) is 0 Å². The van der Waals surface area contributed by atoms with E-state index in [-0.39, 0.29) is 0 Å². The molecule has 0 spiro atoms. The quantitative estimate of drug-likeness (QED) is 0.463. The number of aromatic nitrogens is 4. The first kappa shape index (κ1) is 22.6. The molecule has 2 fully saturated rings. The Bertz CT molecular complexity index is 1470. The number of likely N-dealkylation sites (N-methyl/N-ethyl adjacent to an activating group) is 1. The molecule has 1 aliphatic carbocycles. The highest BCUT2D eigenvalue weighted by Crippen LogP contribution is 2.34. The third-order valence-corrected chi connectivity index (χ3v) is 8.16. The van der Waals surface area contributed by atoms with E-state index < -0.39 is 0 Å². The lowest BCUT2D eigenvalue weighted by Crippen LogP contribution is -2.44. The van der Waals surface area contributed by atoms with Crippen molar-refractivity contribution < 1.29 is 0 Å². The summed E-state index contributed by atoms with van der Waals surface area (Å²) in [5, 5.41) is 3.54. The lowest BCUT2D eigenvalue weighted by atomic mass is 10.0. The Balaban J connectivity index is 1.21. The van der Waals surface area contributed by atoms with Crippen LogP contribution in [0.25, 0.3) is 27.9 Å². The average molecular weight is 492 g/mol. The maximum atomic E-state index is 5.17. The maximum Gasteiger partial charge on any atom is 0.0961 e. The summed E-state index contributed by atoms with van der Waals surface area (Å²) in [5.41, 5.74) is 9.99. The van der Waals surface area contributed by atoms with Crippen molar-refractivity contribution in [1.82, 2.24) is 29.7 Å². The SMILES string of the molecule is CN1CCN(c2cccc(-c3cnc4c(n3)C(c3ccc5ncn(C6CCCNC6)c5c3)=CC4)c2)CC1. The monoisotopic (exact) mass is 491 g/mol. The van der Waals surface area contributed by atoms with Gasteiger partial charge >= 0.3 is 0 Å². The predicted octanol–water partition coefficient (Wildman–Crippen LogP) is 4.16. The van der Waals surface area contributed by atoms with E-state index in [4.69, 9.17) is 15.0 Å².